The highest BCUT2D eigenvalue weighted by Crippen LogP contribution is 2.54. The van der Waals surface area contributed by atoms with Crippen molar-refractivity contribution in [3.8, 4) is 17.2 Å². The largest absolute Gasteiger partial charge is 0.507 e. The third kappa shape index (κ3) is 5.29. The fourth-order valence-electron chi connectivity index (χ4n) is 7.47. The van der Waals surface area contributed by atoms with Crippen LogP contribution in [0.2, 0.25) is 0 Å². The first-order valence-electron chi connectivity index (χ1n) is 16.0. The molecule has 2 heterocycles. The normalized spacial score (nSPS) is 34.3. The fourth-order valence-corrected chi connectivity index (χ4v) is 7.47. The molecular weight excluding hydrogens is 598 g/mol. The summed E-state index contributed by atoms with van der Waals surface area (Å²) in [5.74, 6) is -2.94. The number of hydrogen-bond donors (Lipinski definition) is 5. The quantitative estimate of drug-likeness (QED) is 0.249. The van der Waals surface area contributed by atoms with E-state index < -0.39 is 77.0 Å². The van der Waals surface area contributed by atoms with Gasteiger partial charge < -0.3 is 49.4 Å². The Morgan fingerprint density at radius 1 is 0.935 bits per heavy atom. The molecule has 0 saturated carbocycles. The average molecular weight is 642 g/mol. The number of aliphatic hydroxyl groups is 2. The lowest BCUT2D eigenvalue weighted by Crippen LogP contribution is -2.57. The maximum Gasteiger partial charge on any atom is 0.202 e. The summed E-state index contributed by atoms with van der Waals surface area (Å²) < 4.78 is 25.1. The Morgan fingerprint density at radius 3 is 2.30 bits per heavy atom. The van der Waals surface area contributed by atoms with Gasteiger partial charge in [-0.25, -0.2) is 0 Å². The number of phenols is 3. The topological polar surface area (TPSA) is 175 Å². The van der Waals surface area contributed by atoms with Gasteiger partial charge in [-0.2, -0.15) is 0 Å². The first-order valence-corrected chi connectivity index (χ1v) is 16.0. The van der Waals surface area contributed by atoms with Crippen LogP contribution in [0, 0.1) is 0 Å². The standard InChI is InChI=1S/C34H43NO11/c1-6-34(42)13-12-18-25(31(41)27-26(29(18)39)30(40)24-17(28(27)38)8-7-9-21(24)37)33(34)46-23-14-19(35(4)5)32(16(3)44-23)45-22-11-10-20(36)15(2)43-22/h7-9,15-16,19-20,22-23,32-33,36-37,39,41-42H,6,10-14H2,1-5H3. The number of aromatic hydroxyl groups is 3. The first-order chi connectivity index (χ1) is 21.8. The molecule has 9 unspecified atom stereocenters. The lowest BCUT2D eigenvalue weighted by Gasteiger charge is -2.48. The fraction of sp³-hybridized carbons (Fsp3) is 0.588. The minimum absolute atomic E-state index is 0.0378. The predicted octanol–water partition coefficient (Wildman–Crippen LogP) is 3.06. The molecular formula is C34H43NO11. The van der Waals surface area contributed by atoms with Crippen molar-refractivity contribution < 1.29 is 54.1 Å². The van der Waals surface area contributed by atoms with E-state index in [9.17, 15) is 35.1 Å². The number of aliphatic hydroxyl groups excluding tert-OH is 1. The Kier molecular flexibility index (Phi) is 8.68. The lowest BCUT2D eigenvalue weighted by atomic mass is 9.71. The zero-order valence-corrected chi connectivity index (χ0v) is 26.7. The molecule has 250 valence electrons. The van der Waals surface area contributed by atoms with E-state index >= 15 is 0 Å². The number of phenolic OH excluding ortho intramolecular Hbond substituents is 3. The maximum atomic E-state index is 13.7. The minimum Gasteiger partial charge on any atom is -0.507 e. The summed E-state index contributed by atoms with van der Waals surface area (Å²) in [7, 11) is 3.83. The highest BCUT2D eigenvalue weighted by atomic mass is 16.7. The van der Waals surface area contributed by atoms with Gasteiger partial charge >= 0.3 is 0 Å². The molecule has 12 heteroatoms. The Hall–Kier alpha value is -3.10. The third-order valence-corrected chi connectivity index (χ3v) is 10.2. The Labute approximate surface area is 267 Å². The van der Waals surface area contributed by atoms with Gasteiger partial charge in [0.2, 0.25) is 5.78 Å². The number of carbonyl (C=O) groups is 2. The van der Waals surface area contributed by atoms with Gasteiger partial charge in [0.25, 0.3) is 0 Å². The summed E-state index contributed by atoms with van der Waals surface area (Å²) in [6, 6.07) is 3.88. The van der Waals surface area contributed by atoms with Crippen LogP contribution in [0.4, 0.5) is 0 Å². The first kappa shape index (κ1) is 32.8. The molecule has 12 nitrogen and oxygen atoms in total. The number of benzene rings is 2. The van der Waals surface area contributed by atoms with Crippen LogP contribution in [0.3, 0.4) is 0 Å². The van der Waals surface area contributed by atoms with E-state index in [1.807, 2.05) is 32.8 Å². The number of nitrogens with zero attached hydrogens (tertiary/aromatic N) is 1. The number of ketones is 2. The monoisotopic (exact) mass is 641 g/mol. The van der Waals surface area contributed by atoms with E-state index in [4.69, 9.17) is 18.9 Å². The average Bonchev–Trinajstić information content (AvgIpc) is 3.01. The molecule has 9 atom stereocenters. The molecule has 46 heavy (non-hydrogen) atoms. The number of carbonyl (C=O) groups excluding carboxylic acids is 2. The smallest absolute Gasteiger partial charge is 0.202 e. The molecule has 2 aliphatic heterocycles. The van der Waals surface area contributed by atoms with Crippen molar-refractivity contribution in [1.29, 1.82) is 0 Å². The van der Waals surface area contributed by atoms with Crippen LogP contribution in [-0.2, 0) is 25.4 Å². The van der Waals surface area contributed by atoms with Crippen molar-refractivity contribution in [2.24, 2.45) is 0 Å². The second-order valence-electron chi connectivity index (χ2n) is 13.2. The van der Waals surface area contributed by atoms with Gasteiger partial charge in [0.1, 0.15) is 29.5 Å². The van der Waals surface area contributed by atoms with Crippen molar-refractivity contribution in [1.82, 2.24) is 4.90 Å². The van der Waals surface area contributed by atoms with Crippen molar-refractivity contribution in [3.05, 3.63) is 51.6 Å². The summed E-state index contributed by atoms with van der Waals surface area (Å²) in [4.78, 5) is 29.2. The Bertz CT molecular complexity index is 1540. The molecule has 6 rings (SSSR count). The number of hydrogen-bond acceptors (Lipinski definition) is 12. The molecule has 0 bridgehead atoms. The van der Waals surface area contributed by atoms with E-state index in [1.165, 1.54) is 18.2 Å². The van der Waals surface area contributed by atoms with E-state index in [0.29, 0.717) is 19.3 Å². The molecule has 4 aliphatic rings. The summed E-state index contributed by atoms with van der Waals surface area (Å²) in [5.41, 5.74) is -2.36. The van der Waals surface area contributed by atoms with Crippen LogP contribution in [0.5, 0.6) is 17.2 Å². The second kappa shape index (κ2) is 12.2. The van der Waals surface area contributed by atoms with Gasteiger partial charge in [0.05, 0.1) is 40.6 Å². The van der Waals surface area contributed by atoms with E-state index in [-0.39, 0.29) is 59.2 Å². The van der Waals surface area contributed by atoms with Gasteiger partial charge in [0.15, 0.2) is 18.4 Å². The zero-order valence-electron chi connectivity index (χ0n) is 26.7. The van der Waals surface area contributed by atoms with Crippen molar-refractivity contribution in [2.75, 3.05) is 14.1 Å². The molecule has 0 spiro atoms. The van der Waals surface area contributed by atoms with E-state index in [2.05, 4.69) is 0 Å². The number of rotatable bonds is 6. The van der Waals surface area contributed by atoms with Crippen molar-refractivity contribution in [3.63, 3.8) is 0 Å². The lowest BCUT2D eigenvalue weighted by molar-refractivity contribution is -0.309. The molecule has 5 N–H and O–H groups in total. The molecule has 2 aromatic rings. The van der Waals surface area contributed by atoms with Crippen LogP contribution >= 0.6 is 0 Å². The summed E-state index contributed by atoms with van der Waals surface area (Å²) in [6.45, 7) is 5.44. The molecule has 0 radical (unpaired) electrons. The Morgan fingerprint density at radius 2 is 1.63 bits per heavy atom. The zero-order chi connectivity index (χ0) is 33.2. The SMILES string of the molecule is CCC1(O)CCc2c(O)c3c(c(O)c2C1OC1CC(N(C)C)C(OC2CCC(O)C(C)O2)C(C)O1)C(=O)c1cccc(O)c1C3=O. The minimum atomic E-state index is -1.50. The van der Waals surface area contributed by atoms with E-state index in [0.717, 1.165) is 0 Å². The molecule has 0 amide bonds. The molecule has 2 aromatic carbocycles. The van der Waals surface area contributed by atoms with Crippen molar-refractivity contribution >= 4 is 11.6 Å². The van der Waals surface area contributed by atoms with Crippen LogP contribution in [0.25, 0.3) is 0 Å². The van der Waals surface area contributed by atoms with Crippen molar-refractivity contribution in [2.45, 2.75) is 114 Å². The molecule has 2 fully saturated rings. The van der Waals surface area contributed by atoms with Gasteiger partial charge in [0, 0.05) is 35.6 Å². The summed E-state index contributed by atoms with van der Waals surface area (Å²) in [6.07, 6.45) is -2.51. The summed E-state index contributed by atoms with van der Waals surface area (Å²) in [5, 5.41) is 55.5. The Balaban J connectivity index is 1.34. The number of likely N-dealkylation sites (N-methyl/N-ethyl adjacent to an activating group) is 1. The van der Waals surface area contributed by atoms with Crippen LogP contribution < -0.4 is 0 Å². The molecule has 0 aromatic heterocycles. The van der Waals surface area contributed by atoms with E-state index in [1.54, 1.807) is 6.92 Å². The highest BCUT2D eigenvalue weighted by molar-refractivity contribution is 6.31. The van der Waals surface area contributed by atoms with Gasteiger partial charge in [-0.1, -0.05) is 19.1 Å². The maximum absolute atomic E-state index is 13.7. The molecule has 2 saturated heterocycles. The van der Waals surface area contributed by atoms with Crippen LogP contribution in [0.1, 0.15) is 102 Å². The van der Waals surface area contributed by atoms with Crippen LogP contribution in [-0.4, -0.2) is 105 Å². The van der Waals surface area contributed by atoms with Gasteiger partial charge in [-0.05, 0) is 59.7 Å². The van der Waals surface area contributed by atoms with Gasteiger partial charge in [-0.3, -0.25) is 9.59 Å². The second-order valence-corrected chi connectivity index (χ2v) is 13.2. The number of fused-ring (bicyclic) bond motifs is 3. The summed E-state index contributed by atoms with van der Waals surface area (Å²) >= 11 is 0. The highest BCUT2D eigenvalue weighted by Gasteiger charge is 2.50. The predicted molar refractivity (Wildman–Crippen MR) is 163 cm³/mol. The van der Waals surface area contributed by atoms with Gasteiger partial charge in [-0.15, -0.1) is 0 Å². The van der Waals surface area contributed by atoms with Crippen LogP contribution in [0.15, 0.2) is 18.2 Å². The molecule has 2 aliphatic carbocycles. The number of ether oxygens (including phenoxy) is 4. The third-order valence-electron chi connectivity index (χ3n) is 10.2.